The number of anilines is 1. The molecular weight excluding hydrogens is 398 g/mol. The van der Waals surface area contributed by atoms with Gasteiger partial charge in [0.25, 0.3) is 5.56 Å². The summed E-state index contributed by atoms with van der Waals surface area (Å²) in [5.41, 5.74) is 1.71. The molecule has 3 rings (SSSR count). The fourth-order valence-electron chi connectivity index (χ4n) is 3.28. The number of fused-ring (bicyclic) bond motifs is 1. The minimum absolute atomic E-state index is 0.0529. The third-order valence-electron chi connectivity index (χ3n) is 5.33. The molecule has 0 fully saturated rings. The van der Waals surface area contributed by atoms with Gasteiger partial charge in [0.2, 0.25) is 5.95 Å². The molecule has 0 amide bonds. The van der Waals surface area contributed by atoms with Crippen molar-refractivity contribution in [1.29, 1.82) is 0 Å². The van der Waals surface area contributed by atoms with Gasteiger partial charge in [-0.1, -0.05) is 19.9 Å². The van der Waals surface area contributed by atoms with E-state index < -0.39 is 17.4 Å². The highest BCUT2D eigenvalue weighted by Crippen LogP contribution is 2.19. The molecule has 0 radical (unpaired) electrons. The Balaban J connectivity index is 1.85. The van der Waals surface area contributed by atoms with Crippen LogP contribution in [0.25, 0.3) is 11.2 Å². The Labute approximate surface area is 180 Å². The normalized spacial score (nSPS) is 12.5. The first-order valence-electron chi connectivity index (χ1n) is 10.5. The second-order valence-electron chi connectivity index (χ2n) is 8.36. The van der Waals surface area contributed by atoms with E-state index in [9.17, 15) is 14.7 Å². The molecule has 0 aliphatic rings. The van der Waals surface area contributed by atoms with E-state index in [-0.39, 0.29) is 24.3 Å². The van der Waals surface area contributed by atoms with E-state index in [4.69, 9.17) is 4.74 Å². The summed E-state index contributed by atoms with van der Waals surface area (Å²) in [6.45, 7) is 9.06. The van der Waals surface area contributed by atoms with Gasteiger partial charge in [-0.15, -0.1) is 0 Å². The monoisotopic (exact) mass is 429 g/mol. The maximum atomic E-state index is 12.5. The van der Waals surface area contributed by atoms with Crippen LogP contribution in [0.15, 0.2) is 27.8 Å². The third-order valence-corrected chi connectivity index (χ3v) is 5.33. The highest BCUT2D eigenvalue weighted by molar-refractivity contribution is 5.74. The highest BCUT2D eigenvalue weighted by atomic mass is 16.5. The molecule has 0 aliphatic heterocycles. The molecule has 0 bridgehead atoms. The number of aromatic nitrogens is 4. The first-order chi connectivity index (χ1) is 14.7. The van der Waals surface area contributed by atoms with Crippen LogP contribution < -0.4 is 21.3 Å². The van der Waals surface area contributed by atoms with E-state index in [2.05, 4.69) is 29.1 Å². The lowest BCUT2D eigenvalue weighted by Gasteiger charge is -2.16. The number of aryl methyl sites for hydroxylation is 3. The van der Waals surface area contributed by atoms with Crippen molar-refractivity contribution in [1.82, 2.24) is 19.1 Å². The van der Waals surface area contributed by atoms with Gasteiger partial charge in [-0.25, -0.2) is 4.79 Å². The lowest BCUT2D eigenvalue weighted by Crippen LogP contribution is -2.31. The number of imidazole rings is 1. The van der Waals surface area contributed by atoms with Gasteiger partial charge >= 0.3 is 5.69 Å². The zero-order valence-corrected chi connectivity index (χ0v) is 18.7. The summed E-state index contributed by atoms with van der Waals surface area (Å²) in [6.07, 6.45) is 0.0259. The molecule has 0 spiro atoms. The zero-order valence-electron chi connectivity index (χ0n) is 18.7. The highest BCUT2D eigenvalue weighted by Gasteiger charge is 2.20. The van der Waals surface area contributed by atoms with Crippen LogP contribution in [0.1, 0.15) is 31.4 Å². The van der Waals surface area contributed by atoms with Gasteiger partial charge in [0.1, 0.15) is 18.5 Å². The molecule has 9 heteroatoms. The predicted octanol–water partition coefficient (Wildman–Crippen LogP) is 1.94. The quantitative estimate of drug-likeness (QED) is 0.479. The molecule has 0 saturated heterocycles. The van der Waals surface area contributed by atoms with E-state index in [1.165, 1.54) is 10.1 Å². The van der Waals surface area contributed by atoms with Gasteiger partial charge in [0, 0.05) is 13.6 Å². The van der Waals surface area contributed by atoms with Crippen LogP contribution in [-0.4, -0.2) is 43.5 Å². The lowest BCUT2D eigenvalue weighted by atomic mass is 10.1. The lowest BCUT2D eigenvalue weighted by molar-refractivity contribution is 0.0938. The Morgan fingerprint density at radius 3 is 2.65 bits per heavy atom. The average Bonchev–Trinajstić information content (AvgIpc) is 3.05. The molecule has 2 aromatic heterocycles. The molecule has 1 unspecified atom stereocenters. The summed E-state index contributed by atoms with van der Waals surface area (Å²) in [6, 6.07) is 5.76. The topological polar surface area (TPSA) is 114 Å². The number of ether oxygens (including phenoxy) is 1. The molecule has 31 heavy (non-hydrogen) atoms. The summed E-state index contributed by atoms with van der Waals surface area (Å²) < 4.78 is 8.65. The molecule has 0 aliphatic carbocycles. The van der Waals surface area contributed by atoms with Crippen LogP contribution >= 0.6 is 0 Å². The molecule has 168 valence electrons. The first kappa shape index (κ1) is 22.6. The number of hydrogen-bond donors (Lipinski definition) is 3. The third kappa shape index (κ3) is 5.16. The van der Waals surface area contributed by atoms with Gasteiger partial charge in [-0.05, 0) is 49.4 Å². The Kier molecular flexibility index (Phi) is 6.84. The Morgan fingerprint density at radius 2 is 1.97 bits per heavy atom. The Morgan fingerprint density at radius 1 is 1.23 bits per heavy atom. The predicted molar refractivity (Wildman–Crippen MR) is 121 cm³/mol. The average molecular weight is 430 g/mol. The van der Waals surface area contributed by atoms with Gasteiger partial charge in [0.05, 0.1) is 6.54 Å². The fraction of sp³-hybridized carbons (Fsp3) is 0.500. The van der Waals surface area contributed by atoms with Crippen molar-refractivity contribution < 1.29 is 9.84 Å². The molecule has 9 nitrogen and oxygen atoms in total. The SMILES string of the molecule is Cc1ccc(OCC(O)Cn2c(NCCC(C)C)nc3c2c(=O)[nH]c(=O)n3C)cc1C. The van der Waals surface area contributed by atoms with Crippen molar-refractivity contribution in [3.63, 3.8) is 0 Å². The second-order valence-corrected chi connectivity index (χ2v) is 8.36. The van der Waals surface area contributed by atoms with Crippen LogP contribution in [0, 0.1) is 19.8 Å². The van der Waals surface area contributed by atoms with E-state index in [1.54, 1.807) is 11.6 Å². The van der Waals surface area contributed by atoms with Crippen molar-refractivity contribution in [2.24, 2.45) is 13.0 Å². The summed E-state index contributed by atoms with van der Waals surface area (Å²) in [5, 5.41) is 13.9. The Bertz CT molecular complexity index is 1180. The van der Waals surface area contributed by atoms with Crippen molar-refractivity contribution in [2.75, 3.05) is 18.5 Å². The summed E-state index contributed by atoms with van der Waals surface area (Å²) >= 11 is 0. The first-order valence-corrected chi connectivity index (χ1v) is 10.5. The van der Waals surface area contributed by atoms with Crippen molar-refractivity contribution in [2.45, 2.75) is 46.8 Å². The maximum Gasteiger partial charge on any atom is 0.329 e. The number of aliphatic hydroxyl groups excluding tert-OH is 1. The van der Waals surface area contributed by atoms with Gasteiger partial charge in [0.15, 0.2) is 11.2 Å². The van der Waals surface area contributed by atoms with Gasteiger partial charge < -0.3 is 19.7 Å². The number of nitrogens with zero attached hydrogens (tertiary/aromatic N) is 3. The van der Waals surface area contributed by atoms with E-state index >= 15 is 0 Å². The molecule has 3 aromatic rings. The minimum Gasteiger partial charge on any atom is -0.491 e. The smallest absolute Gasteiger partial charge is 0.329 e. The molecule has 1 aromatic carbocycles. The number of benzene rings is 1. The van der Waals surface area contributed by atoms with Crippen LogP contribution in [-0.2, 0) is 13.6 Å². The largest absolute Gasteiger partial charge is 0.491 e. The van der Waals surface area contributed by atoms with Crippen LogP contribution in [0.4, 0.5) is 5.95 Å². The van der Waals surface area contributed by atoms with Gasteiger partial charge in [-0.2, -0.15) is 4.98 Å². The zero-order chi connectivity index (χ0) is 22.7. The number of aliphatic hydroxyl groups is 1. The van der Waals surface area contributed by atoms with E-state index in [0.717, 1.165) is 12.0 Å². The van der Waals surface area contributed by atoms with Crippen LogP contribution in [0.5, 0.6) is 5.75 Å². The van der Waals surface area contributed by atoms with Crippen LogP contribution in [0.3, 0.4) is 0 Å². The molecule has 1 atom stereocenters. The number of nitrogens with one attached hydrogen (secondary N) is 2. The molecule has 0 saturated carbocycles. The minimum atomic E-state index is -0.888. The fourth-order valence-corrected chi connectivity index (χ4v) is 3.28. The maximum absolute atomic E-state index is 12.5. The van der Waals surface area contributed by atoms with Crippen molar-refractivity contribution >= 4 is 17.1 Å². The molecule has 3 N–H and O–H groups in total. The van der Waals surface area contributed by atoms with Crippen molar-refractivity contribution in [3.8, 4) is 5.75 Å². The number of H-pyrrole nitrogens is 1. The van der Waals surface area contributed by atoms with E-state index in [0.29, 0.717) is 24.2 Å². The molecular formula is C22H31N5O4. The second kappa shape index (κ2) is 9.38. The van der Waals surface area contributed by atoms with E-state index in [1.807, 2.05) is 32.0 Å². The molecule has 2 heterocycles. The standard InChI is InChI=1S/C22H31N5O4/c1-13(2)8-9-23-21-24-19-18(20(29)25-22(30)26(19)5)27(21)11-16(28)12-31-17-7-6-14(3)15(4)10-17/h6-7,10,13,16,28H,8-9,11-12H2,1-5H3,(H,23,24)(H,25,29,30). The number of hydrogen-bond acceptors (Lipinski definition) is 6. The number of aromatic amines is 1. The van der Waals surface area contributed by atoms with Gasteiger partial charge in [-0.3, -0.25) is 14.3 Å². The van der Waals surface area contributed by atoms with Crippen molar-refractivity contribution in [3.05, 3.63) is 50.2 Å². The Hall–Kier alpha value is -3.07. The van der Waals surface area contributed by atoms with Crippen LogP contribution in [0.2, 0.25) is 0 Å². The summed E-state index contributed by atoms with van der Waals surface area (Å²) in [7, 11) is 1.55. The summed E-state index contributed by atoms with van der Waals surface area (Å²) in [4.78, 5) is 31.3. The number of rotatable bonds is 9. The summed E-state index contributed by atoms with van der Waals surface area (Å²) in [5.74, 6) is 1.61.